The van der Waals surface area contributed by atoms with Crippen LogP contribution in [-0.2, 0) is 22.9 Å². The highest BCUT2D eigenvalue weighted by Crippen LogP contribution is 2.42. The average Bonchev–Trinajstić information content (AvgIpc) is 2.92. The molecule has 3 aromatic rings. The van der Waals surface area contributed by atoms with E-state index in [2.05, 4.69) is 0 Å². The van der Waals surface area contributed by atoms with E-state index in [1.54, 1.807) is 56.6 Å². The number of ether oxygens (including phenoxy) is 4. The fourth-order valence-electron chi connectivity index (χ4n) is 4.62. The molecule has 0 unspecified atom stereocenters. The van der Waals surface area contributed by atoms with Crippen molar-refractivity contribution in [2.45, 2.75) is 28.7 Å². The molecule has 0 aliphatic carbocycles. The zero-order valence-electron chi connectivity index (χ0n) is 21.1. The fraction of sp³-hybridized carbons (Fsp3) is 0.333. The summed E-state index contributed by atoms with van der Waals surface area (Å²) < 4.78 is 51.4. The normalized spacial score (nSPS) is 15.8. The van der Waals surface area contributed by atoms with Gasteiger partial charge in [0.2, 0.25) is 10.0 Å². The molecule has 0 radical (unpaired) electrons. The SMILES string of the molecule is COc1ccc(C[C@@H]2c3cc(OC)c(OC)cc3CCN2S(=O)(=O)c2ccc(SC)cc2)cc1OC. The molecule has 0 amide bonds. The number of sulfonamides is 1. The molecule has 0 saturated heterocycles. The molecule has 3 aromatic carbocycles. The van der Waals surface area contributed by atoms with Crippen LogP contribution in [0.15, 0.2) is 64.4 Å². The van der Waals surface area contributed by atoms with Gasteiger partial charge in [0.1, 0.15) is 0 Å². The van der Waals surface area contributed by atoms with E-state index in [-0.39, 0.29) is 4.90 Å². The zero-order chi connectivity index (χ0) is 25.9. The van der Waals surface area contributed by atoms with Gasteiger partial charge in [-0.25, -0.2) is 8.42 Å². The molecule has 192 valence electrons. The largest absolute Gasteiger partial charge is 0.493 e. The van der Waals surface area contributed by atoms with E-state index in [9.17, 15) is 8.42 Å². The van der Waals surface area contributed by atoms with E-state index >= 15 is 0 Å². The Labute approximate surface area is 217 Å². The van der Waals surface area contributed by atoms with Gasteiger partial charge in [-0.1, -0.05) is 6.07 Å². The molecule has 0 N–H and O–H groups in total. The second kappa shape index (κ2) is 11.0. The number of hydrogen-bond donors (Lipinski definition) is 0. The van der Waals surface area contributed by atoms with Crippen molar-refractivity contribution >= 4 is 21.8 Å². The molecule has 1 aliphatic rings. The van der Waals surface area contributed by atoms with Crippen LogP contribution in [-0.4, -0.2) is 54.0 Å². The second-order valence-corrected chi connectivity index (χ2v) is 11.1. The third kappa shape index (κ3) is 5.00. The lowest BCUT2D eigenvalue weighted by Crippen LogP contribution is -2.41. The summed E-state index contributed by atoms with van der Waals surface area (Å²) in [5.41, 5.74) is 2.87. The summed E-state index contributed by atoms with van der Waals surface area (Å²) in [7, 11) is 2.59. The maximum atomic E-state index is 13.9. The van der Waals surface area contributed by atoms with Crippen LogP contribution in [0.1, 0.15) is 22.7 Å². The first-order valence-corrected chi connectivity index (χ1v) is 14.1. The summed E-state index contributed by atoms with van der Waals surface area (Å²) in [6.07, 6.45) is 2.98. The minimum atomic E-state index is -3.77. The number of hydrogen-bond acceptors (Lipinski definition) is 7. The van der Waals surface area contributed by atoms with E-state index in [0.29, 0.717) is 42.4 Å². The fourth-order valence-corrected chi connectivity index (χ4v) is 6.63. The Morgan fingerprint density at radius 2 is 1.44 bits per heavy atom. The van der Waals surface area contributed by atoms with E-state index < -0.39 is 16.1 Å². The monoisotopic (exact) mass is 529 g/mol. The molecule has 4 rings (SSSR count). The Balaban J connectivity index is 1.82. The second-order valence-electron chi connectivity index (χ2n) is 8.36. The highest BCUT2D eigenvalue weighted by molar-refractivity contribution is 7.98. The van der Waals surface area contributed by atoms with Crippen LogP contribution >= 0.6 is 11.8 Å². The molecule has 1 atom stereocenters. The molecule has 0 bridgehead atoms. The van der Waals surface area contributed by atoms with Crippen molar-refractivity contribution < 1.29 is 27.4 Å². The first-order valence-electron chi connectivity index (χ1n) is 11.5. The third-order valence-electron chi connectivity index (χ3n) is 6.50. The summed E-state index contributed by atoms with van der Waals surface area (Å²) >= 11 is 1.57. The van der Waals surface area contributed by atoms with Crippen LogP contribution in [0.4, 0.5) is 0 Å². The number of fused-ring (bicyclic) bond motifs is 1. The minimum absolute atomic E-state index is 0.279. The Kier molecular flexibility index (Phi) is 8.02. The summed E-state index contributed by atoms with van der Waals surface area (Å²) in [4.78, 5) is 1.29. The van der Waals surface area contributed by atoms with E-state index in [0.717, 1.165) is 21.6 Å². The smallest absolute Gasteiger partial charge is 0.243 e. The van der Waals surface area contributed by atoms with Crippen LogP contribution in [0.2, 0.25) is 0 Å². The molecular weight excluding hydrogens is 498 g/mol. The Bertz CT molecular complexity index is 1320. The quantitative estimate of drug-likeness (QED) is 0.362. The highest BCUT2D eigenvalue weighted by Gasteiger charge is 2.37. The zero-order valence-corrected chi connectivity index (χ0v) is 22.7. The molecular formula is C27H31NO6S2. The summed E-state index contributed by atoms with van der Waals surface area (Å²) in [6.45, 7) is 0.354. The standard InChI is InChI=1S/C27H31NO6S2/c1-31-24-11-6-18(15-25(24)32-2)14-23-22-17-27(34-4)26(33-3)16-19(22)12-13-28(23)36(29,30)21-9-7-20(35-5)8-10-21/h6-11,15-17,23H,12-14H2,1-5H3/t23-/m1/s1. The minimum Gasteiger partial charge on any atom is -0.493 e. The maximum Gasteiger partial charge on any atom is 0.243 e. The van der Waals surface area contributed by atoms with Gasteiger partial charge in [0, 0.05) is 11.4 Å². The van der Waals surface area contributed by atoms with Gasteiger partial charge in [0.15, 0.2) is 23.0 Å². The Morgan fingerprint density at radius 3 is 2.06 bits per heavy atom. The van der Waals surface area contributed by atoms with Gasteiger partial charge in [-0.05, 0) is 84.3 Å². The summed E-state index contributed by atoms with van der Waals surface area (Å²) in [5.74, 6) is 2.41. The van der Waals surface area contributed by atoms with Crippen LogP contribution in [0.25, 0.3) is 0 Å². The van der Waals surface area contributed by atoms with Crippen molar-refractivity contribution in [3.63, 3.8) is 0 Å². The van der Waals surface area contributed by atoms with Gasteiger partial charge in [0.25, 0.3) is 0 Å². The van der Waals surface area contributed by atoms with Crippen molar-refractivity contribution in [2.24, 2.45) is 0 Å². The van der Waals surface area contributed by atoms with Crippen molar-refractivity contribution in [1.29, 1.82) is 0 Å². The number of thioether (sulfide) groups is 1. The van der Waals surface area contributed by atoms with Crippen molar-refractivity contribution in [3.8, 4) is 23.0 Å². The molecule has 0 fully saturated rings. The molecule has 9 heteroatoms. The van der Waals surface area contributed by atoms with Gasteiger partial charge in [-0.15, -0.1) is 11.8 Å². The van der Waals surface area contributed by atoms with Gasteiger partial charge in [-0.2, -0.15) is 4.31 Å². The van der Waals surface area contributed by atoms with Gasteiger partial charge in [-0.3, -0.25) is 0 Å². The topological polar surface area (TPSA) is 74.3 Å². The van der Waals surface area contributed by atoms with Crippen LogP contribution < -0.4 is 18.9 Å². The molecule has 0 aromatic heterocycles. The number of rotatable bonds is 9. The van der Waals surface area contributed by atoms with E-state index in [4.69, 9.17) is 18.9 Å². The van der Waals surface area contributed by atoms with E-state index in [1.165, 1.54) is 0 Å². The third-order valence-corrected chi connectivity index (χ3v) is 9.16. The highest BCUT2D eigenvalue weighted by atomic mass is 32.2. The summed E-state index contributed by atoms with van der Waals surface area (Å²) in [5, 5.41) is 0. The molecule has 0 spiro atoms. The van der Waals surface area contributed by atoms with Crippen LogP contribution in [0, 0.1) is 0 Å². The molecule has 0 saturated carbocycles. The first kappa shape index (κ1) is 26.2. The number of nitrogens with zero attached hydrogens (tertiary/aromatic N) is 1. The molecule has 7 nitrogen and oxygen atoms in total. The predicted molar refractivity (Wildman–Crippen MR) is 141 cm³/mol. The lowest BCUT2D eigenvalue weighted by atomic mass is 9.89. The van der Waals surface area contributed by atoms with Gasteiger partial charge < -0.3 is 18.9 Å². The molecule has 1 heterocycles. The predicted octanol–water partition coefficient (Wildman–Crippen LogP) is 4.97. The molecule has 36 heavy (non-hydrogen) atoms. The van der Waals surface area contributed by atoms with Crippen molar-refractivity contribution in [2.75, 3.05) is 41.2 Å². The van der Waals surface area contributed by atoms with Gasteiger partial charge >= 0.3 is 0 Å². The average molecular weight is 530 g/mol. The first-order chi connectivity index (χ1) is 17.4. The lowest BCUT2D eigenvalue weighted by Gasteiger charge is -2.37. The Hall–Kier alpha value is -2.88. The lowest BCUT2D eigenvalue weighted by molar-refractivity contribution is 0.300. The molecule has 1 aliphatic heterocycles. The maximum absolute atomic E-state index is 13.9. The van der Waals surface area contributed by atoms with Gasteiger partial charge in [0.05, 0.1) is 39.4 Å². The summed E-state index contributed by atoms with van der Waals surface area (Å²) in [6, 6.07) is 16.1. The van der Waals surface area contributed by atoms with E-state index in [1.807, 2.05) is 48.7 Å². The Morgan fingerprint density at radius 1 is 0.833 bits per heavy atom. The van der Waals surface area contributed by atoms with Crippen LogP contribution in [0.5, 0.6) is 23.0 Å². The van der Waals surface area contributed by atoms with Crippen molar-refractivity contribution in [1.82, 2.24) is 4.31 Å². The van der Waals surface area contributed by atoms with Crippen LogP contribution in [0.3, 0.4) is 0 Å². The number of benzene rings is 3. The van der Waals surface area contributed by atoms with Crippen molar-refractivity contribution in [3.05, 3.63) is 71.3 Å². The number of methoxy groups -OCH3 is 4.